The molecule has 0 unspecified atom stereocenters. The Balaban J connectivity index is 4.28. The van der Waals surface area contributed by atoms with Gasteiger partial charge in [0.1, 0.15) is 0 Å². The van der Waals surface area contributed by atoms with Crippen LogP contribution in [0.2, 0.25) is 0 Å². The second-order valence-electron chi connectivity index (χ2n) is 2.38. The van der Waals surface area contributed by atoms with E-state index in [9.17, 15) is 26.3 Å². The van der Waals surface area contributed by atoms with E-state index in [0.717, 1.165) is 0 Å². The maximum Gasteiger partial charge on any atom is 0.410 e. The Morgan fingerprint density at radius 2 is 1.43 bits per heavy atom. The van der Waals surface area contributed by atoms with Crippen molar-refractivity contribution < 1.29 is 26.3 Å². The van der Waals surface area contributed by atoms with Gasteiger partial charge in [0.15, 0.2) is 0 Å². The van der Waals surface area contributed by atoms with Gasteiger partial charge in [0, 0.05) is 5.75 Å². The third kappa shape index (κ3) is 5.23. The van der Waals surface area contributed by atoms with Crippen LogP contribution in [0.4, 0.5) is 26.3 Å². The first kappa shape index (κ1) is 14.3. The molecule has 86 valence electrons. The summed E-state index contributed by atoms with van der Waals surface area (Å²) in [6, 6.07) is 0. The lowest BCUT2D eigenvalue weighted by molar-refractivity contribution is -0.223. The van der Waals surface area contributed by atoms with E-state index in [-0.39, 0.29) is 16.5 Å². The molecule has 0 aromatic rings. The van der Waals surface area contributed by atoms with Gasteiger partial charge in [-0.1, -0.05) is 28.5 Å². The summed E-state index contributed by atoms with van der Waals surface area (Å²) in [7, 11) is 0.418. The van der Waals surface area contributed by atoms with Crippen molar-refractivity contribution >= 4 is 21.6 Å². The largest absolute Gasteiger partial charge is 0.410 e. The van der Waals surface area contributed by atoms with Crippen molar-refractivity contribution in [3.05, 3.63) is 0 Å². The maximum atomic E-state index is 11.9. The lowest BCUT2D eigenvalue weighted by atomic mass is 10.4. The molecule has 0 spiro atoms. The van der Waals surface area contributed by atoms with Gasteiger partial charge in [-0.3, -0.25) is 0 Å². The lowest BCUT2D eigenvalue weighted by Crippen LogP contribution is -2.38. The van der Waals surface area contributed by atoms with Crippen LogP contribution in [0.15, 0.2) is 0 Å². The van der Waals surface area contributed by atoms with E-state index in [1.54, 1.807) is 6.92 Å². The molecule has 0 aliphatic rings. The standard InChI is InChI=1S/C6H8F6S2/c1-2-3-13-14-4(5(7,8)9)6(10,11)12/h4H,2-3H2,1H3. The Morgan fingerprint density at radius 1 is 1.00 bits per heavy atom. The molecular formula is C6H8F6S2. The smallest absolute Gasteiger partial charge is 0.169 e. The van der Waals surface area contributed by atoms with Crippen LogP contribution in [0.5, 0.6) is 0 Å². The zero-order chi connectivity index (χ0) is 11.4. The first-order valence-corrected chi connectivity index (χ1v) is 5.99. The van der Waals surface area contributed by atoms with Gasteiger partial charge in [-0.05, 0) is 6.42 Å². The zero-order valence-electron chi connectivity index (χ0n) is 7.08. The van der Waals surface area contributed by atoms with Gasteiger partial charge in [-0.15, -0.1) is 0 Å². The Kier molecular flexibility index (Phi) is 5.50. The van der Waals surface area contributed by atoms with Gasteiger partial charge in [-0.2, -0.15) is 26.3 Å². The minimum absolute atomic E-state index is 0.173. The Labute approximate surface area is 85.2 Å². The van der Waals surface area contributed by atoms with Gasteiger partial charge < -0.3 is 0 Å². The molecule has 14 heavy (non-hydrogen) atoms. The topological polar surface area (TPSA) is 0 Å². The number of rotatable bonds is 4. The molecule has 0 heterocycles. The fraction of sp³-hybridized carbons (Fsp3) is 1.00. The van der Waals surface area contributed by atoms with Gasteiger partial charge in [0.05, 0.1) is 0 Å². The molecule has 0 aliphatic carbocycles. The molecule has 0 radical (unpaired) electrons. The van der Waals surface area contributed by atoms with Crippen molar-refractivity contribution in [1.82, 2.24) is 0 Å². The molecule has 0 rings (SSSR count). The van der Waals surface area contributed by atoms with Crippen LogP contribution in [0.3, 0.4) is 0 Å². The molecule has 0 saturated carbocycles. The summed E-state index contributed by atoms with van der Waals surface area (Å²) in [5.74, 6) is 0.271. The van der Waals surface area contributed by atoms with E-state index < -0.39 is 17.6 Å². The molecule has 0 bridgehead atoms. The van der Waals surface area contributed by atoms with Crippen LogP contribution in [0.1, 0.15) is 13.3 Å². The second kappa shape index (κ2) is 5.39. The summed E-state index contributed by atoms with van der Waals surface area (Å²) in [4.78, 5) is 0. The van der Waals surface area contributed by atoms with Crippen LogP contribution < -0.4 is 0 Å². The van der Waals surface area contributed by atoms with E-state index in [2.05, 4.69) is 0 Å². The van der Waals surface area contributed by atoms with E-state index in [0.29, 0.717) is 17.2 Å². The predicted octanol–water partition coefficient (Wildman–Crippen LogP) is 4.27. The summed E-state index contributed by atoms with van der Waals surface area (Å²) in [5, 5.41) is -3.29. The van der Waals surface area contributed by atoms with Crippen LogP contribution in [-0.2, 0) is 0 Å². The quantitative estimate of drug-likeness (QED) is 0.419. The third-order valence-electron chi connectivity index (χ3n) is 1.05. The summed E-state index contributed by atoms with van der Waals surface area (Å²) >= 11 is 0. The second-order valence-corrected chi connectivity index (χ2v) is 4.97. The minimum Gasteiger partial charge on any atom is -0.169 e. The van der Waals surface area contributed by atoms with E-state index in [1.807, 2.05) is 0 Å². The highest BCUT2D eigenvalue weighted by Crippen LogP contribution is 2.46. The van der Waals surface area contributed by atoms with Crippen molar-refractivity contribution in [3.8, 4) is 0 Å². The van der Waals surface area contributed by atoms with Crippen LogP contribution in [0, 0.1) is 0 Å². The number of hydrogen-bond donors (Lipinski definition) is 0. The van der Waals surface area contributed by atoms with Crippen molar-refractivity contribution in [1.29, 1.82) is 0 Å². The third-order valence-corrected chi connectivity index (χ3v) is 3.97. The van der Waals surface area contributed by atoms with Crippen LogP contribution in [-0.4, -0.2) is 23.4 Å². The first-order valence-electron chi connectivity index (χ1n) is 3.61. The molecule has 0 aliphatic heterocycles. The van der Waals surface area contributed by atoms with Crippen molar-refractivity contribution in [3.63, 3.8) is 0 Å². The van der Waals surface area contributed by atoms with Crippen LogP contribution >= 0.6 is 21.6 Å². The minimum atomic E-state index is -5.23. The SMILES string of the molecule is CCCSSC(C(F)(F)F)C(F)(F)F. The Morgan fingerprint density at radius 3 is 1.71 bits per heavy atom. The number of alkyl halides is 6. The normalized spacial score (nSPS) is 13.7. The van der Waals surface area contributed by atoms with Crippen molar-refractivity contribution in [2.75, 3.05) is 5.75 Å². The summed E-state index contributed by atoms with van der Waals surface area (Å²) in [6.07, 6.45) is -9.92. The molecule has 0 fully saturated rings. The van der Waals surface area contributed by atoms with Crippen molar-refractivity contribution in [2.45, 2.75) is 30.9 Å². The van der Waals surface area contributed by atoms with Gasteiger partial charge in [-0.25, -0.2) is 0 Å². The molecule has 8 heteroatoms. The van der Waals surface area contributed by atoms with Gasteiger partial charge in [0.2, 0.25) is 5.25 Å². The predicted molar refractivity (Wildman–Crippen MR) is 46.2 cm³/mol. The monoisotopic (exact) mass is 258 g/mol. The van der Waals surface area contributed by atoms with E-state index in [1.165, 1.54) is 0 Å². The van der Waals surface area contributed by atoms with Crippen LogP contribution in [0.25, 0.3) is 0 Å². The highest BCUT2D eigenvalue weighted by molar-refractivity contribution is 8.77. The molecule has 0 saturated heterocycles. The summed E-state index contributed by atoms with van der Waals surface area (Å²) in [5.41, 5.74) is 0. The van der Waals surface area contributed by atoms with Crippen molar-refractivity contribution in [2.24, 2.45) is 0 Å². The van der Waals surface area contributed by atoms with E-state index >= 15 is 0 Å². The summed E-state index contributed by atoms with van der Waals surface area (Å²) < 4.78 is 71.3. The summed E-state index contributed by atoms with van der Waals surface area (Å²) in [6.45, 7) is 1.68. The highest BCUT2D eigenvalue weighted by Gasteiger charge is 2.57. The molecule has 0 nitrogen and oxygen atoms in total. The average Bonchev–Trinajstić information content (AvgIpc) is 1.92. The Hall–Kier alpha value is 0.280. The van der Waals surface area contributed by atoms with Gasteiger partial charge in [0.25, 0.3) is 0 Å². The zero-order valence-corrected chi connectivity index (χ0v) is 8.71. The number of halogens is 6. The molecule has 0 N–H and O–H groups in total. The highest BCUT2D eigenvalue weighted by atomic mass is 33.1. The average molecular weight is 258 g/mol. The molecule has 0 amide bonds. The number of hydrogen-bond acceptors (Lipinski definition) is 2. The molecular weight excluding hydrogens is 250 g/mol. The maximum absolute atomic E-state index is 11.9. The lowest BCUT2D eigenvalue weighted by Gasteiger charge is -2.21. The van der Waals surface area contributed by atoms with Gasteiger partial charge >= 0.3 is 12.4 Å². The molecule has 0 aromatic heterocycles. The Bertz CT molecular complexity index is 149. The first-order chi connectivity index (χ1) is 6.19. The fourth-order valence-electron chi connectivity index (χ4n) is 0.494. The fourth-order valence-corrected chi connectivity index (χ4v) is 2.96. The molecule has 0 atom stereocenters. The molecule has 0 aromatic carbocycles. The van der Waals surface area contributed by atoms with E-state index in [4.69, 9.17) is 0 Å².